The molecule has 1 N–H and O–H groups in total. The third-order valence-electron chi connectivity index (χ3n) is 2.60. The van der Waals surface area contributed by atoms with Crippen LogP contribution in [0.1, 0.15) is 22.8 Å². The number of amides is 1. The molecule has 0 atom stereocenters. The zero-order valence-corrected chi connectivity index (χ0v) is 12.6. The van der Waals surface area contributed by atoms with Crippen LogP contribution in [0.15, 0.2) is 59.7 Å². The first kappa shape index (κ1) is 13.7. The Morgan fingerprint density at radius 1 is 1.05 bits per heavy atom. The lowest BCUT2D eigenvalue weighted by molar-refractivity contribution is 0.0955. The Labute approximate surface area is 125 Å². The number of halogens is 1. The van der Waals surface area contributed by atoms with E-state index in [-0.39, 0.29) is 5.91 Å². The molecule has 0 spiro atoms. The van der Waals surface area contributed by atoms with Crippen molar-refractivity contribution < 1.29 is 4.79 Å². The van der Waals surface area contributed by atoms with Crippen LogP contribution in [0.2, 0.25) is 0 Å². The summed E-state index contributed by atoms with van der Waals surface area (Å²) in [4.78, 5) is 11.8. The fourth-order valence-electron chi connectivity index (χ4n) is 1.57. The Balaban J connectivity index is 2.09. The van der Waals surface area contributed by atoms with Crippen LogP contribution >= 0.6 is 22.6 Å². The molecule has 0 aliphatic carbocycles. The molecule has 0 saturated heterocycles. The summed E-state index contributed by atoms with van der Waals surface area (Å²) in [6.07, 6.45) is 0. The summed E-state index contributed by atoms with van der Waals surface area (Å²) in [5.41, 5.74) is 4.94. The number of hydrogen-bond acceptors (Lipinski definition) is 2. The van der Waals surface area contributed by atoms with Gasteiger partial charge in [0.05, 0.1) is 5.71 Å². The van der Waals surface area contributed by atoms with E-state index in [0.29, 0.717) is 5.56 Å². The summed E-state index contributed by atoms with van der Waals surface area (Å²) in [6, 6.07) is 17.0. The van der Waals surface area contributed by atoms with Crippen molar-refractivity contribution in [2.75, 3.05) is 0 Å². The van der Waals surface area contributed by atoms with Crippen molar-refractivity contribution in [1.82, 2.24) is 5.43 Å². The smallest absolute Gasteiger partial charge is 0.267 e. The number of hydrazone groups is 1. The van der Waals surface area contributed by atoms with E-state index in [9.17, 15) is 4.79 Å². The fraction of sp³-hybridized carbons (Fsp3) is 0.0667. The van der Waals surface area contributed by atoms with E-state index in [1.165, 1.54) is 0 Å². The Hall–Kier alpha value is -1.69. The first-order valence-corrected chi connectivity index (χ1v) is 6.90. The molecule has 0 unspecified atom stereocenters. The number of carbonyl (C=O) groups is 1. The van der Waals surface area contributed by atoms with Crippen molar-refractivity contribution in [1.29, 1.82) is 0 Å². The van der Waals surface area contributed by atoms with Gasteiger partial charge in [0.25, 0.3) is 5.91 Å². The van der Waals surface area contributed by atoms with E-state index in [4.69, 9.17) is 0 Å². The number of carbonyl (C=O) groups excluding carboxylic acids is 1. The summed E-state index contributed by atoms with van der Waals surface area (Å²) in [5, 5.41) is 4.13. The van der Waals surface area contributed by atoms with Gasteiger partial charge in [-0.15, -0.1) is 0 Å². The van der Waals surface area contributed by atoms with Gasteiger partial charge < -0.3 is 0 Å². The van der Waals surface area contributed by atoms with E-state index >= 15 is 0 Å². The van der Waals surface area contributed by atoms with Gasteiger partial charge in [0.15, 0.2) is 0 Å². The predicted octanol–water partition coefficient (Wildman–Crippen LogP) is 3.45. The summed E-state index contributed by atoms with van der Waals surface area (Å²) in [5.74, 6) is -0.203. The Bertz CT molecular complexity index is 609. The average Bonchev–Trinajstić information content (AvgIpc) is 2.45. The maximum atomic E-state index is 11.8. The van der Waals surface area contributed by atoms with Crippen molar-refractivity contribution in [3.05, 3.63) is 69.3 Å². The summed E-state index contributed by atoms with van der Waals surface area (Å²) in [7, 11) is 0. The van der Waals surface area contributed by atoms with Crippen molar-refractivity contribution in [2.24, 2.45) is 5.10 Å². The lowest BCUT2D eigenvalue weighted by atomic mass is 10.1. The molecule has 2 aromatic carbocycles. The SMILES string of the molecule is C/C(=N/NC(=O)c1ccccc1)c1cccc(I)c1. The highest BCUT2D eigenvalue weighted by Gasteiger charge is 2.03. The molecule has 0 aromatic heterocycles. The molecule has 2 aromatic rings. The van der Waals surface area contributed by atoms with Crippen molar-refractivity contribution in [2.45, 2.75) is 6.92 Å². The molecule has 4 heteroatoms. The molecule has 0 heterocycles. The number of nitrogens with one attached hydrogen (secondary N) is 1. The van der Waals surface area contributed by atoms with Gasteiger partial charge >= 0.3 is 0 Å². The molecule has 0 aliphatic rings. The Morgan fingerprint density at radius 3 is 2.42 bits per heavy atom. The zero-order valence-electron chi connectivity index (χ0n) is 10.4. The third-order valence-corrected chi connectivity index (χ3v) is 3.27. The van der Waals surface area contributed by atoms with E-state index < -0.39 is 0 Å². The van der Waals surface area contributed by atoms with Crippen molar-refractivity contribution >= 4 is 34.2 Å². The van der Waals surface area contributed by atoms with Crippen LogP contribution in [0.5, 0.6) is 0 Å². The minimum atomic E-state index is -0.203. The number of hydrogen-bond donors (Lipinski definition) is 1. The van der Waals surface area contributed by atoms with Crippen LogP contribution in [-0.4, -0.2) is 11.6 Å². The molecule has 0 radical (unpaired) electrons. The summed E-state index contributed by atoms with van der Waals surface area (Å²) >= 11 is 2.25. The zero-order chi connectivity index (χ0) is 13.7. The molecule has 2 rings (SSSR count). The maximum Gasteiger partial charge on any atom is 0.271 e. The minimum absolute atomic E-state index is 0.203. The van der Waals surface area contributed by atoms with Gasteiger partial charge in [-0.05, 0) is 59.3 Å². The van der Waals surface area contributed by atoms with Crippen LogP contribution in [0.3, 0.4) is 0 Å². The normalized spacial score (nSPS) is 11.2. The molecular formula is C15H13IN2O. The van der Waals surface area contributed by atoms with Gasteiger partial charge in [-0.25, -0.2) is 5.43 Å². The summed E-state index contributed by atoms with van der Waals surface area (Å²) in [6.45, 7) is 1.87. The maximum absolute atomic E-state index is 11.8. The molecule has 3 nitrogen and oxygen atoms in total. The quantitative estimate of drug-likeness (QED) is 0.506. The molecule has 0 saturated carbocycles. The van der Waals surface area contributed by atoms with Crippen LogP contribution in [-0.2, 0) is 0 Å². The second-order valence-electron chi connectivity index (χ2n) is 4.01. The van der Waals surface area contributed by atoms with Gasteiger partial charge in [-0.3, -0.25) is 4.79 Å². The van der Waals surface area contributed by atoms with E-state index in [2.05, 4.69) is 33.1 Å². The first-order valence-electron chi connectivity index (χ1n) is 5.82. The average molecular weight is 364 g/mol. The molecule has 0 fully saturated rings. The fourth-order valence-corrected chi connectivity index (χ4v) is 2.11. The predicted molar refractivity (Wildman–Crippen MR) is 85.3 cm³/mol. The van der Waals surface area contributed by atoms with Crippen LogP contribution < -0.4 is 5.43 Å². The van der Waals surface area contributed by atoms with Gasteiger partial charge in [0.1, 0.15) is 0 Å². The van der Waals surface area contributed by atoms with Gasteiger partial charge in [0, 0.05) is 9.13 Å². The molecule has 19 heavy (non-hydrogen) atoms. The highest BCUT2D eigenvalue weighted by Crippen LogP contribution is 2.08. The molecule has 0 bridgehead atoms. The van der Waals surface area contributed by atoms with E-state index in [1.807, 2.05) is 49.4 Å². The number of benzene rings is 2. The Kier molecular flexibility index (Phi) is 4.68. The number of rotatable bonds is 3. The van der Waals surface area contributed by atoms with E-state index in [0.717, 1.165) is 14.8 Å². The highest BCUT2D eigenvalue weighted by molar-refractivity contribution is 14.1. The second kappa shape index (κ2) is 6.47. The van der Waals surface area contributed by atoms with Crippen molar-refractivity contribution in [3.8, 4) is 0 Å². The topological polar surface area (TPSA) is 41.5 Å². The lowest BCUT2D eigenvalue weighted by Crippen LogP contribution is -2.19. The molecule has 96 valence electrons. The standard InChI is InChI=1S/C15H13IN2O/c1-11(13-8-5-9-14(16)10-13)17-18-15(19)12-6-3-2-4-7-12/h2-10H,1H3,(H,18,19)/b17-11-. The van der Waals surface area contributed by atoms with Crippen LogP contribution in [0.25, 0.3) is 0 Å². The van der Waals surface area contributed by atoms with Crippen molar-refractivity contribution in [3.63, 3.8) is 0 Å². The first-order chi connectivity index (χ1) is 9.16. The summed E-state index contributed by atoms with van der Waals surface area (Å²) < 4.78 is 1.14. The minimum Gasteiger partial charge on any atom is -0.267 e. The molecular weight excluding hydrogens is 351 g/mol. The van der Waals surface area contributed by atoms with Gasteiger partial charge in [-0.1, -0.05) is 30.3 Å². The van der Waals surface area contributed by atoms with Gasteiger partial charge in [0.2, 0.25) is 0 Å². The number of nitrogens with zero attached hydrogens (tertiary/aromatic N) is 1. The molecule has 1 amide bonds. The second-order valence-corrected chi connectivity index (χ2v) is 5.26. The monoisotopic (exact) mass is 364 g/mol. The largest absolute Gasteiger partial charge is 0.271 e. The third kappa shape index (κ3) is 3.89. The van der Waals surface area contributed by atoms with Crippen LogP contribution in [0, 0.1) is 3.57 Å². The van der Waals surface area contributed by atoms with Gasteiger partial charge in [-0.2, -0.15) is 5.10 Å². The van der Waals surface area contributed by atoms with Crippen LogP contribution in [0.4, 0.5) is 0 Å². The Morgan fingerprint density at radius 2 is 1.74 bits per heavy atom. The highest BCUT2D eigenvalue weighted by atomic mass is 127. The van der Waals surface area contributed by atoms with E-state index in [1.54, 1.807) is 12.1 Å². The lowest BCUT2D eigenvalue weighted by Gasteiger charge is -2.03. The molecule has 0 aliphatic heterocycles.